The number of hydrogen-bond donors (Lipinski definition) is 1. The van der Waals surface area contributed by atoms with Crippen LogP contribution in [0.4, 0.5) is 0 Å². The summed E-state index contributed by atoms with van der Waals surface area (Å²) in [5.41, 5.74) is 0.887. The summed E-state index contributed by atoms with van der Waals surface area (Å²) in [7, 11) is -4.33. The first-order chi connectivity index (χ1) is 12.2. The van der Waals surface area contributed by atoms with Crippen molar-refractivity contribution in [3.8, 4) is 0 Å². The molecule has 0 amide bonds. The minimum atomic E-state index is -4.33. The van der Waals surface area contributed by atoms with Crippen LogP contribution in [0.3, 0.4) is 0 Å². The van der Waals surface area contributed by atoms with Gasteiger partial charge in [0, 0.05) is 0 Å². The van der Waals surface area contributed by atoms with Gasteiger partial charge in [0.15, 0.2) is 0 Å². The van der Waals surface area contributed by atoms with Gasteiger partial charge in [0.1, 0.15) is 0 Å². The molecule has 0 aromatic rings. The molecule has 0 aliphatic heterocycles. The summed E-state index contributed by atoms with van der Waals surface area (Å²) in [6, 6.07) is 0. The van der Waals surface area contributed by atoms with E-state index in [-0.39, 0.29) is 6.10 Å². The molecule has 0 bridgehead atoms. The fourth-order valence-corrected chi connectivity index (χ4v) is 8.78. The highest BCUT2D eigenvalue weighted by molar-refractivity contribution is 7.80. The van der Waals surface area contributed by atoms with Crippen molar-refractivity contribution in [2.45, 2.75) is 91.1 Å². The van der Waals surface area contributed by atoms with E-state index in [4.69, 9.17) is 8.74 Å². The standard InChI is InChI=1S/C21H36O4S/c1-4-14-6-8-18-17-7-5-15-13-16(25-26(22,23)24)9-11-21(15,3)19(17)10-12-20(14,18)2/h14-19H,4-13H2,1-3H3,(H,22,23,24)/t14-,15+,16+,17-,18-,19-,20+,21-/m0/s1. The van der Waals surface area contributed by atoms with E-state index in [0.29, 0.717) is 16.7 Å². The van der Waals surface area contributed by atoms with Crippen molar-refractivity contribution >= 4 is 10.4 Å². The second-order valence-electron chi connectivity index (χ2n) is 10.3. The third-order valence-electron chi connectivity index (χ3n) is 9.56. The van der Waals surface area contributed by atoms with Crippen LogP contribution >= 0.6 is 0 Å². The van der Waals surface area contributed by atoms with Gasteiger partial charge in [-0.15, -0.1) is 0 Å². The lowest BCUT2D eigenvalue weighted by Crippen LogP contribution is -2.54. The highest BCUT2D eigenvalue weighted by Gasteiger charge is 2.59. The Kier molecular flexibility index (Phi) is 4.76. The fraction of sp³-hybridized carbons (Fsp3) is 1.00. The lowest BCUT2D eigenvalue weighted by atomic mass is 9.44. The molecule has 4 aliphatic rings. The maximum atomic E-state index is 11.1. The Balaban J connectivity index is 1.52. The van der Waals surface area contributed by atoms with Crippen molar-refractivity contribution in [2.75, 3.05) is 0 Å². The van der Waals surface area contributed by atoms with Gasteiger partial charge in [-0.05, 0) is 98.2 Å². The van der Waals surface area contributed by atoms with Gasteiger partial charge < -0.3 is 0 Å². The molecule has 4 aliphatic carbocycles. The van der Waals surface area contributed by atoms with E-state index in [1.54, 1.807) is 0 Å². The van der Waals surface area contributed by atoms with Crippen LogP contribution < -0.4 is 0 Å². The average Bonchev–Trinajstić information content (AvgIpc) is 2.90. The Bertz CT molecular complexity index is 646. The number of fused-ring (bicyclic) bond motifs is 5. The van der Waals surface area contributed by atoms with Crippen LogP contribution in [0.15, 0.2) is 0 Å². The molecule has 26 heavy (non-hydrogen) atoms. The molecule has 0 aromatic carbocycles. The lowest BCUT2D eigenvalue weighted by Gasteiger charge is -2.61. The highest BCUT2D eigenvalue weighted by Crippen LogP contribution is 2.67. The topological polar surface area (TPSA) is 63.6 Å². The predicted octanol–water partition coefficient (Wildman–Crippen LogP) is 5.24. The van der Waals surface area contributed by atoms with Crippen molar-refractivity contribution in [3.05, 3.63) is 0 Å². The summed E-state index contributed by atoms with van der Waals surface area (Å²) in [5.74, 6) is 4.01. The van der Waals surface area contributed by atoms with Crippen LogP contribution in [0.5, 0.6) is 0 Å². The second kappa shape index (κ2) is 6.45. The Morgan fingerprint density at radius 1 is 0.962 bits per heavy atom. The Hall–Kier alpha value is -0.130. The first-order valence-electron chi connectivity index (χ1n) is 10.8. The monoisotopic (exact) mass is 384 g/mol. The van der Waals surface area contributed by atoms with Gasteiger partial charge in [0.05, 0.1) is 6.10 Å². The second-order valence-corrected chi connectivity index (χ2v) is 11.4. The molecule has 150 valence electrons. The molecule has 8 atom stereocenters. The third-order valence-corrected chi connectivity index (χ3v) is 10.1. The molecular weight excluding hydrogens is 348 g/mol. The summed E-state index contributed by atoms with van der Waals surface area (Å²) in [5, 5.41) is 0. The van der Waals surface area contributed by atoms with Gasteiger partial charge in [-0.3, -0.25) is 4.55 Å². The molecule has 0 radical (unpaired) electrons. The molecule has 0 saturated heterocycles. The van der Waals surface area contributed by atoms with E-state index in [1.165, 1.54) is 44.9 Å². The van der Waals surface area contributed by atoms with Crippen molar-refractivity contribution in [3.63, 3.8) is 0 Å². The molecular formula is C21H36O4S. The normalized spacial score (nSPS) is 51.4. The maximum Gasteiger partial charge on any atom is 0.397 e. The number of hydrogen-bond acceptors (Lipinski definition) is 3. The minimum absolute atomic E-state index is 0.327. The van der Waals surface area contributed by atoms with E-state index in [9.17, 15) is 8.42 Å². The zero-order chi connectivity index (χ0) is 18.7. The molecule has 0 spiro atoms. The van der Waals surface area contributed by atoms with E-state index in [2.05, 4.69) is 20.8 Å². The number of rotatable bonds is 3. The van der Waals surface area contributed by atoms with Gasteiger partial charge >= 0.3 is 10.4 Å². The van der Waals surface area contributed by atoms with E-state index >= 15 is 0 Å². The first-order valence-corrected chi connectivity index (χ1v) is 12.2. The van der Waals surface area contributed by atoms with Gasteiger partial charge in [0.25, 0.3) is 0 Å². The quantitative estimate of drug-likeness (QED) is 0.676. The Morgan fingerprint density at radius 3 is 2.35 bits per heavy atom. The predicted molar refractivity (Wildman–Crippen MR) is 102 cm³/mol. The van der Waals surface area contributed by atoms with Gasteiger partial charge in [0.2, 0.25) is 0 Å². The van der Waals surface area contributed by atoms with Crippen LogP contribution in [0.25, 0.3) is 0 Å². The minimum Gasteiger partial charge on any atom is -0.264 e. The van der Waals surface area contributed by atoms with Crippen molar-refractivity contribution in [1.82, 2.24) is 0 Å². The summed E-state index contributed by atoms with van der Waals surface area (Å²) in [6.07, 6.45) is 11.7. The van der Waals surface area contributed by atoms with Crippen molar-refractivity contribution in [1.29, 1.82) is 0 Å². The van der Waals surface area contributed by atoms with Crippen LogP contribution in [0.1, 0.15) is 85.0 Å². The van der Waals surface area contributed by atoms with E-state index < -0.39 is 10.4 Å². The van der Waals surface area contributed by atoms with Crippen LogP contribution in [0.2, 0.25) is 0 Å². The van der Waals surface area contributed by atoms with Crippen molar-refractivity contribution in [2.24, 2.45) is 40.4 Å². The SMILES string of the molecule is CC[C@H]1CC[C@H]2[C@@H]3CC[C@@H]4C[C@H](OS(=O)(=O)O)CC[C@]4(C)[C@H]3CC[C@]12C. The third kappa shape index (κ3) is 2.97. The molecule has 4 fully saturated rings. The van der Waals surface area contributed by atoms with Crippen molar-refractivity contribution < 1.29 is 17.2 Å². The maximum absolute atomic E-state index is 11.1. The Labute approximate surface area is 159 Å². The molecule has 0 unspecified atom stereocenters. The van der Waals surface area contributed by atoms with Gasteiger partial charge in [-0.1, -0.05) is 27.2 Å². The average molecular weight is 385 g/mol. The van der Waals surface area contributed by atoms with Crippen LogP contribution in [0, 0.1) is 40.4 Å². The highest BCUT2D eigenvalue weighted by atomic mass is 32.3. The fourth-order valence-electron chi connectivity index (χ4n) is 8.26. The molecule has 4 nitrogen and oxygen atoms in total. The van der Waals surface area contributed by atoms with Crippen LogP contribution in [-0.4, -0.2) is 19.1 Å². The molecule has 1 N–H and O–H groups in total. The lowest BCUT2D eigenvalue weighted by molar-refractivity contribution is -0.124. The Morgan fingerprint density at radius 2 is 1.65 bits per heavy atom. The summed E-state index contributed by atoms with van der Waals surface area (Å²) >= 11 is 0. The zero-order valence-corrected chi connectivity index (χ0v) is 17.4. The van der Waals surface area contributed by atoms with Crippen LogP contribution in [-0.2, 0) is 14.6 Å². The van der Waals surface area contributed by atoms with E-state index in [0.717, 1.165) is 42.9 Å². The van der Waals surface area contributed by atoms with Gasteiger partial charge in [-0.2, -0.15) is 8.42 Å². The smallest absolute Gasteiger partial charge is 0.264 e. The molecule has 4 saturated carbocycles. The summed E-state index contributed by atoms with van der Waals surface area (Å²) < 4.78 is 36.2. The van der Waals surface area contributed by atoms with E-state index in [1.807, 2.05) is 0 Å². The van der Waals surface area contributed by atoms with Gasteiger partial charge in [-0.25, -0.2) is 4.18 Å². The summed E-state index contributed by atoms with van der Waals surface area (Å²) in [6.45, 7) is 7.44. The zero-order valence-electron chi connectivity index (χ0n) is 16.6. The molecule has 4 rings (SSSR count). The molecule has 5 heteroatoms. The first kappa shape index (κ1) is 19.2. The molecule has 0 heterocycles. The molecule has 0 aromatic heterocycles. The summed E-state index contributed by atoms with van der Waals surface area (Å²) in [4.78, 5) is 0. The largest absolute Gasteiger partial charge is 0.397 e.